The Balaban J connectivity index is 1.56. The zero-order chi connectivity index (χ0) is 23.5. The predicted octanol–water partition coefficient (Wildman–Crippen LogP) is 4.53. The molecule has 2 aromatic heterocycles. The van der Waals surface area contributed by atoms with E-state index >= 15 is 0 Å². The maximum absolute atomic E-state index is 13.1. The van der Waals surface area contributed by atoms with Gasteiger partial charge in [-0.3, -0.25) is 19.0 Å². The van der Waals surface area contributed by atoms with Gasteiger partial charge in [0.2, 0.25) is 5.91 Å². The van der Waals surface area contributed by atoms with Crippen molar-refractivity contribution in [3.63, 3.8) is 0 Å². The first-order valence-corrected chi connectivity index (χ1v) is 11.4. The summed E-state index contributed by atoms with van der Waals surface area (Å²) in [6, 6.07) is 15.1. The molecular formula is C25H24N4O3S. The van der Waals surface area contributed by atoms with E-state index < -0.39 is 0 Å². The third kappa shape index (κ3) is 4.70. The number of para-hydroxylation sites is 1. The van der Waals surface area contributed by atoms with Gasteiger partial charge >= 0.3 is 0 Å². The predicted molar refractivity (Wildman–Crippen MR) is 132 cm³/mol. The fourth-order valence-electron chi connectivity index (χ4n) is 3.56. The van der Waals surface area contributed by atoms with Crippen LogP contribution in [0.15, 0.2) is 59.7 Å². The molecule has 2 heterocycles. The Morgan fingerprint density at radius 3 is 2.45 bits per heavy atom. The van der Waals surface area contributed by atoms with Crippen LogP contribution < -0.4 is 16.2 Å². The van der Waals surface area contributed by atoms with E-state index in [1.165, 1.54) is 27.8 Å². The van der Waals surface area contributed by atoms with Crippen LogP contribution in [-0.2, 0) is 17.8 Å². The summed E-state index contributed by atoms with van der Waals surface area (Å²) < 4.78 is 1.26. The zero-order valence-corrected chi connectivity index (χ0v) is 19.5. The van der Waals surface area contributed by atoms with Crippen LogP contribution in [0.1, 0.15) is 33.3 Å². The van der Waals surface area contributed by atoms with Crippen LogP contribution in [0, 0.1) is 13.8 Å². The second-order valence-electron chi connectivity index (χ2n) is 7.78. The largest absolute Gasteiger partial charge is 0.325 e. The molecule has 0 saturated carbocycles. The van der Waals surface area contributed by atoms with Gasteiger partial charge in [-0.05, 0) is 55.2 Å². The van der Waals surface area contributed by atoms with Gasteiger partial charge in [0.15, 0.2) is 0 Å². The average molecular weight is 461 g/mol. The zero-order valence-electron chi connectivity index (χ0n) is 18.6. The monoisotopic (exact) mass is 460 g/mol. The number of hydrogen-bond donors (Lipinski definition) is 2. The number of nitrogens with zero attached hydrogens (tertiary/aromatic N) is 2. The second-order valence-corrected chi connectivity index (χ2v) is 8.78. The molecular weight excluding hydrogens is 436 g/mol. The summed E-state index contributed by atoms with van der Waals surface area (Å²) >= 11 is 1.17. The van der Waals surface area contributed by atoms with Crippen LogP contribution in [0.4, 0.5) is 11.4 Å². The van der Waals surface area contributed by atoms with Gasteiger partial charge in [-0.15, -0.1) is 11.3 Å². The Hall–Kier alpha value is -3.78. The molecule has 0 unspecified atom stereocenters. The minimum Gasteiger partial charge on any atom is -0.325 e. The van der Waals surface area contributed by atoms with E-state index in [1.54, 1.807) is 6.92 Å². The minimum absolute atomic E-state index is 0.169. The van der Waals surface area contributed by atoms with Crippen molar-refractivity contribution in [2.75, 3.05) is 10.6 Å². The lowest BCUT2D eigenvalue weighted by Gasteiger charge is -2.08. The molecule has 7 nitrogen and oxygen atoms in total. The van der Waals surface area contributed by atoms with E-state index in [9.17, 15) is 14.4 Å². The van der Waals surface area contributed by atoms with Crippen LogP contribution in [0.5, 0.6) is 0 Å². The highest BCUT2D eigenvalue weighted by Crippen LogP contribution is 2.28. The number of fused-ring (bicyclic) bond motifs is 1. The van der Waals surface area contributed by atoms with E-state index in [2.05, 4.69) is 22.5 Å². The summed E-state index contributed by atoms with van der Waals surface area (Å²) in [5, 5.41) is 6.06. The lowest BCUT2D eigenvalue weighted by molar-refractivity contribution is -0.116. The topological polar surface area (TPSA) is 93.1 Å². The molecule has 0 fully saturated rings. The van der Waals surface area contributed by atoms with Gasteiger partial charge in [0.05, 0.1) is 16.6 Å². The first-order chi connectivity index (χ1) is 15.9. The smallest absolute Gasteiger partial charge is 0.266 e. The first kappa shape index (κ1) is 22.4. The van der Waals surface area contributed by atoms with Crippen LogP contribution >= 0.6 is 11.3 Å². The number of amides is 2. The number of nitrogens with one attached hydrogen (secondary N) is 2. The van der Waals surface area contributed by atoms with E-state index in [0.29, 0.717) is 32.0 Å². The second kappa shape index (κ2) is 9.38. The molecule has 168 valence electrons. The summed E-state index contributed by atoms with van der Waals surface area (Å²) in [4.78, 5) is 43.7. The highest BCUT2D eigenvalue weighted by molar-refractivity contribution is 7.20. The number of carbonyl (C=O) groups is 2. The number of aromatic nitrogens is 2. The molecule has 33 heavy (non-hydrogen) atoms. The van der Waals surface area contributed by atoms with Crippen molar-refractivity contribution in [1.29, 1.82) is 0 Å². The molecule has 0 aliphatic rings. The SMILES string of the molecule is CCc1ccc(NC(=O)Cn2cnc3sc(C(=O)Nc4ccccc4C)c(C)c3c2=O)cc1. The number of rotatable bonds is 6. The Morgan fingerprint density at radius 2 is 1.76 bits per heavy atom. The molecule has 0 aliphatic heterocycles. The van der Waals surface area contributed by atoms with Crippen molar-refractivity contribution in [2.45, 2.75) is 33.7 Å². The summed E-state index contributed by atoms with van der Waals surface area (Å²) in [6.45, 7) is 5.54. The lowest BCUT2D eigenvalue weighted by atomic mass is 10.1. The van der Waals surface area contributed by atoms with Crippen molar-refractivity contribution in [3.8, 4) is 0 Å². The molecule has 0 bridgehead atoms. The van der Waals surface area contributed by atoms with Crippen molar-refractivity contribution < 1.29 is 9.59 Å². The van der Waals surface area contributed by atoms with Crippen LogP contribution in [0.2, 0.25) is 0 Å². The third-order valence-corrected chi connectivity index (χ3v) is 6.68. The van der Waals surface area contributed by atoms with E-state index in [4.69, 9.17) is 0 Å². The van der Waals surface area contributed by atoms with Gasteiger partial charge in [-0.2, -0.15) is 0 Å². The third-order valence-electron chi connectivity index (χ3n) is 5.48. The van der Waals surface area contributed by atoms with E-state index in [-0.39, 0.29) is 23.9 Å². The lowest BCUT2D eigenvalue weighted by Crippen LogP contribution is -2.28. The first-order valence-electron chi connectivity index (χ1n) is 10.6. The van der Waals surface area contributed by atoms with Crippen molar-refractivity contribution in [1.82, 2.24) is 9.55 Å². The maximum Gasteiger partial charge on any atom is 0.266 e. The van der Waals surface area contributed by atoms with Gasteiger partial charge in [0.25, 0.3) is 11.5 Å². The fourth-order valence-corrected chi connectivity index (χ4v) is 4.59. The molecule has 4 rings (SSSR count). The summed E-state index contributed by atoms with van der Waals surface area (Å²) in [6.07, 6.45) is 2.27. The number of anilines is 2. The number of hydrogen-bond acceptors (Lipinski definition) is 5. The fraction of sp³-hybridized carbons (Fsp3) is 0.200. The quantitative estimate of drug-likeness (QED) is 0.442. The van der Waals surface area contributed by atoms with Gasteiger partial charge in [-0.25, -0.2) is 4.98 Å². The number of carbonyl (C=O) groups excluding carboxylic acids is 2. The maximum atomic E-state index is 13.1. The molecule has 0 spiro atoms. The molecule has 0 saturated heterocycles. The molecule has 2 N–H and O–H groups in total. The summed E-state index contributed by atoms with van der Waals surface area (Å²) in [7, 11) is 0. The number of benzene rings is 2. The summed E-state index contributed by atoms with van der Waals surface area (Å²) in [5.41, 5.74) is 3.72. The molecule has 2 aromatic carbocycles. The van der Waals surface area contributed by atoms with Gasteiger partial charge in [-0.1, -0.05) is 37.3 Å². The minimum atomic E-state index is -0.347. The van der Waals surface area contributed by atoms with E-state index in [1.807, 2.05) is 55.5 Å². The van der Waals surface area contributed by atoms with Crippen LogP contribution in [0.3, 0.4) is 0 Å². The van der Waals surface area contributed by atoms with Crippen molar-refractivity contribution in [3.05, 3.63) is 86.8 Å². The molecule has 4 aromatic rings. The molecule has 0 atom stereocenters. The highest BCUT2D eigenvalue weighted by Gasteiger charge is 2.20. The Morgan fingerprint density at radius 1 is 1.03 bits per heavy atom. The Kier molecular flexibility index (Phi) is 6.37. The summed E-state index contributed by atoms with van der Waals surface area (Å²) in [5.74, 6) is -0.614. The van der Waals surface area contributed by atoms with Gasteiger partial charge < -0.3 is 10.6 Å². The molecule has 0 radical (unpaired) electrons. The molecule has 0 aliphatic carbocycles. The van der Waals surface area contributed by atoms with Crippen molar-refractivity contribution >= 4 is 44.7 Å². The normalized spacial score (nSPS) is 10.9. The Bertz CT molecular complexity index is 1400. The average Bonchev–Trinajstić information content (AvgIpc) is 3.15. The van der Waals surface area contributed by atoms with Gasteiger partial charge in [0.1, 0.15) is 11.4 Å². The Labute approximate surface area is 195 Å². The van der Waals surface area contributed by atoms with E-state index in [0.717, 1.165) is 12.0 Å². The highest BCUT2D eigenvalue weighted by atomic mass is 32.1. The number of aryl methyl sites for hydroxylation is 3. The molecule has 2 amide bonds. The van der Waals surface area contributed by atoms with Crippen LogP contribution in [0.25, 0.3) is 10.2 Å². The van der Waals surface area contributed by atoms with Crippen LogP contribution in [-0.4, -0.2) is 21.4 Å². The van der Waals surface area contributed by atoms with Gasteiger partial charge in [0, 0.05) is 11.4 Å². The standard InChI is InChI=1S/C25H24N4O3S/c1-4-17-9-11-18(12-10-17)27-20(30)13-29-14-26-24-21(25(29)32)16(3)22(33-24)23(31)28-19-8-6-5-7-15(19)2/h5-12,14H,4,13H2,1-3H3,(H,27,30)(H,28,31). The van der Waals surface area contributed by atoms with Crippen molar-refractivity contribution in [2.24, 2.45) is 0 Å². The number of thiophene rings is 1. The molecule has 8 heteroatoms.